The summed E-state index contributed by atoms with van der Waals surface area (Å²) in [6.07, 6.45) is -3.14. The van der Waals surface area contributed by atoms with E-state index >= 15 is 0 Å². The zero-order valence-corrected chi connectivity index (χ0v) is 14.7. The Morgan fingerprint density at radius 2 is 1.48 bits per heavy atom. The van der Waals surface area contributed by atoms with E-state index in [0.717, 1.165) is 12.1 Å². The Bertz CT molecular complexity index is 1120. The third-order valence-electron chi connectivity index (χ3n) is 3.89. The highest BCUT2D eigenvalue weighted by molar-refractivity contribution is 6.07. The van der Waals surface area contributed by atoms with E-state index in [0.29, 0.717) is 0 Å². The van der Waals surface area contributed by atoms with Crippen LogP contribution in [0, 0.1) is 0 Å². The first-order valence-corrected chi connectivity index (χ1v) is 8.32. The molecule has 3 aromatic rings. The number of anilines is 2. The average molecular weight is 401 g/mol. The number of benzene rings is 2. The Kier molecular flexibility index (Phi) is 5.49. The van der Waals surface area contributed by atoms with E-state index in [1.807, 2.05) is 0 Å². The van der Waals surface area contributed by atoms with Crippen molar-refractivity contribution in [2.45, 2.75) is 6.18 Å². The summed E-state index contributed by atoms with van der Waals surface area (Å²) in [6, 6.07) is 12.9. The summed E-state index contributed by atoms with van der Waals surface area (Å²) < 4.78 is 38.4. The highest BCUT2D eigenvalue weighted by atomic mass is 19.4. The monoisotopic (exact) mass is 401 g/mol. The number of alkyl halides is 3. The summed E-state index contributed by atoms with van der Waals surface area (Å²) in [4.78, 5) is 38.6. The van der Waals surface area contributed by atoms with Crippen LogP contribution in [0.15, 0.2) is 71.7 Å². The van der Waals surface area contributed by atoms with Crippen LogP contribution in [0.3, 0.4) is 0 Å². The normalized spacial score (nSPS) is 11.0. The van der Waals surface area contributed by atoms with Crippen molar-refractivity contribution < 1.29 is 22.8 Å². The van der Waals surface area contributed by atoms with Crippen molar-refractivity contribution in [2.24, 2.45) is 0 Å². The van der Waals surface area contributed by atoms with E-state index < -0.39 is 29.1 Å². The van der Waals surface area contributed by atoms with Crippen molar-refractivity contribution >= 4 is 23.2 Å². The molecule has 1 aromatic heterocycles. The molecule has 148 valence electrons. The van der Waals surface area contributed by atoms with Crippen LogP contribution in [-0.4, -0.2) is 16.8 Å². The quantitative estimate of drug-likeness (QED) is 0.619. The second-order valence-electron chi connectivity index (χ2n) is 5.98. The van der Waals surface area contributed by atoms with Crippen LogP contribution in [0.5, 0.6) is 0 Å². The number of rotatable bonds is 4. The molecular weight excluding hydrogens is 387 g/mol. The van der Waals surface area contributed by atoms with E-state index in [2.05, 4.69) is 15.6 Å². The summed E-state index contributed by atoms with van der Waals surface area (Å²) in [7, 11) is 0. The average Bonchev–Trinajstić information content (AvgIpc) is 2.68. The second-order valence-corrected chi connectivity index (χ2v) is 5.98. The van der Waals surface area contributed by atoms with Crippen molar-refractivity contribution in [1.82, 2.24) is 4.98 Å². The van der Waals surface area contributed by atoms with Crippen molar-refractivity contribution in [3.63, 3.8) is 0 Å². The number of nitrogens with one attached hydrogen (secondary N) is 3. The fraction of sp³-hybridized carbons (Fsp3) is 0.0500. The minimum absolute atomic E-state index is 0.0184. The molecule has 0 saturated carbocycles. The van der Waals surface area contributed by atoms with Gasteiger partial charge in [0.1, 0.15) is 5.56 Å². The fourth-order valence-electron chi connectivity index (χ4n) is 2.51. The van der Waals surface area contributed by atoms with Gasteiger partial charge in [-0.05, 0) is 48.5 Å². The van der Waals surface area contributed by atoms with Gasteiger partial charge in [-0.25, -0.2) is 0 Å². The first kappa shape index (κ1) is 19.9. The van der Waals surface area contributed by atoms with Gasteiger partial charge in [0.2, 0.25) is 0 Å². The highest BCUT2D eigenvalue weighted by Gasteiger charge is 2.30. The van der Waals surface area contributed by atoms with Gasteiger partial charge in [-0.1, -0.05) is 12.1 Å². The fourth-order valence-corrected chi connectivity index (χ4v) is 2.51. The minimum Gasteiger partial charge on any atom is -0.328 e. The summed E-state index contributed by atoms with van der Waals surface area (Å²) in [5, 5.41) is 4.88. The predicted octanol–water partition coefficient (Wildman–Crippen LogP) is 3.90. The molecule has 0 radical (unpaired) electrons. The van der Waals surface area contributed by atoms with Gasteiger partial charge in [0.15, 0.2) is 0 Å². The predicted molar refractivity (Wildman–Crippen MR) is 101 cm³/mol. The zero-order chi connectivity index (χ0) is 21.0. The number of hydrogen-bond donors (Lipinski definition) is 3. The maximum absolute atomic E-state index is 12.8. The lowest BCUT2D eigenvalue weighted by molar-refractivity contribution is -0.137. The van der Waals surface area contributed by atoms with Crippen LogP contribution in [0.25, 0.3) is 0 Å². The lowest BCUT2D eigenvalue weighted by atomic mass is 10.1. The summed E-state index contributed by atoms with van der Waals surface area (Å²) in [5.41, 5.74) is -1.22. The number of amides is 2. The van der Waals surface area contributed by atoms with E-state index in [1.165, 1.54) is 54.7 Å². The van der Waals surface area contributed by atoms with Crippen molar-refractivity contribution in [3.8, 4) is 0 Å². The third kappa shape index (κ3) is 4.89. The molecule has 3 rings (SSSR count). The van der Waals surface area contributed by atoms with E-state index in [4.69, 9.17) is 0 Å². The summed E-state index contributed by atoms with van der Waals surface area (Å²) in [6.45, 7) is 0. The van der Waals surface area contributed by atoms with Crippen LogP contribution in [-0.2, 0) is 6.18 Å². The Balaban J connectivity index is 1.76. The van der Waals surface area contributed by atoms with Crippen molar-refractivity contribution in [1.29, 1.82) is 0 Å². The molecule has 0 aliphatic rings. The van der Waals surface area contributed by atoms with Gasteiger partial charge in [-0.2, -0.15) is 13.2 Å². The van der Waals surface area contributed by atoms with Gasteiger partial charge in [-0.3, -0.25) is 14.4 Å². The lowest BCUT2D eigenvalue weighted by Gasteiger charge is -2.11. The van der Waals surface area contributed by atoms with Crippen molar-refractivity contribution in [3.05, 3.63) is 93.9 Å². The van der Waals surface area contributed by atoms with Gasteiger partial charge >= 0.3 is 6.18 Å². The smallest absolute Gasteiger partial charge is 0.328 e. The molecule has 1 heterocycles. The molecular formula is C20H14F3N3O3. The van der Waals surface area contributed by atoms with Crippen LogP contribution >= 0.6 is 0 Å². The van der Waals surface area contributed by atoms with Gasteiger partial charge in [0.25, 0.3) is 17.4 Å². The molecule has 0 bridgehead atoms. The number of pyridine rings is 1. The Morgan fingerprint density at radius 1 is 0.828 bits per heavy atom. The van der Waals surface area contributed by atoms with E-state index in [9.17, 15) is 27.6 Å². The van der Waals surface area contributed by atoms with Crippen molar-refractivity contribution in [2.75, 3.05) is 10.6 Å². The number of hydrogen-bond acceptors (Lipinski definition) is 3. The molecule has 2 aromatic carbocycles. The molecule has 9 heteroatoms. The van der Waals surface area contributed by atoms with E-state index in [1.54, 1.807) is 0 Å². The molecule has 0 atom stereocenters. The van der Waals surface area contributed by atoms with Crippen LogP contribution in [0.1, 0.15) is 26.3 Å². The summed E-state index contributed by atoms with van der Waals surface area (Å²) >= 11 is 0. The van der Waals surface area contributed by atoms with Gasteiger partial charge in [0, 0.05) is 23.1 Å². The molecule has 3 N–H and O–H groups in total. The number of H-pyrrole nitrogens is 1. The molecule has 6 nitrogen and oxygen atoms in total. The van der Waals surface area contributed by atoms with Gasteiger partial charge in [-0.15, -0.1) is 0 Å². The first-order valence-electron chi connectivity index (χ1n) is 8.32. The number of halogens is 3. The Labute approximate surface area is 162 Å². The number of aromatic amines is 1. The van der Waals surface area contributed by atoms with Crippen LogP contribution < -0.4 is 16.2 Å². The lowest BCUT2D eigenvalue weighted by Crippen LogP contribution is -2.22. The van der Waals surface area contributed by atoms with Crippen LogP contribution in [0.4, 0.5) is 24.5 Å². The third-order valence-corrected chi connectivity index (χ3v) is 3.89. The van der Waals surface area contributed by atoms with Gasteiger partial charge in [0.05, 0.1) is 5.56 Å². The number of aromatic nitrogens is 1. The summed E-state index contributed by atoms with van der Waals surface area (Å²) in [5.74, 6) is -1.32. The molecule has 0 saturated heterocycles. The SMILES string of the molecule is O=C(Nc1cccc(C(F)(F)F)c1)c1cccc(NC(=O)c2ccc[nH]c2=O)c1. The van der Waals surface area contributed by atoms with E-state index in [-0.39, 0.29) is 22.5 Å². The van der Waals surface area contributed by atoms with Crippen LogP contribution in [0.2, 0.25) is 0 Å². The molecule has 0 spiro atoms. The minimum atomic E-state index is -4.53. The largest absolute Gasteiger partial charge is 0.416 e. The maximum atomic E-state index is 12.8. The molecule has 0 unspecified atom stereocenters. The molecule has 0 aliphatic heterocycles. The maximum Gasteiger partial charge on any atom is 0.416 e. The highest BCUT2D eigenvalue weighted by Crippen LogP contribution is 2.30. The zero-order valence-electron chi connectivity index (χ0n) is 14.7. The number of carbonyl (C=O) groups is 2. The molecule has 2 amide bonds. The standard InChI is InChI=1S/C20H14F3N3O3/c21-20(22,23)13-5-2-7-15(11-13)25-17(27)12-4-1-6-14(10-12)26-19(29)16-8-3-9-24-18(16)28/h1-11H,(H,24,28)(H,25,27)(H,26,29). The number of carbonyl (C=O) groups excluding carboxylic acids is 2. The Morgan fingerprint density at radius 3 is 2.17 bits per heavy atom. The topological polar surface area (TPSA) is 91.1 Å². The molecule has 0 fully saturated rings. The van der Waals surface area contributed by atoms with Gasteiger partial charge < -0.3 is 15.6 Å². The molecule has 0 aliphatic carbocycles. The first-order chi connectivity index (χ1) is 13.7. The second kappa shape index (κ2) is 8.01. The molecule has 29 heavy (non-hydrogen) atoms. The Hall–Kier alpha value is -3.88.